The molecule has 60 heavy (non-hydrogen) atoms. The van der Waals surface area contributed by atoms with E-state index >= 15 is 0 Å². The fourth-order valence-corrected chi connectivity index (χ4v) is 7.36. The minimum absolute atomic E-state index is 0.0252. The van der Waals surface area contributed by atoms with E-state index in [9.17, 15) is 28.5 Å². The first kappa shape index (κ1) is 56.1. The van der Waals surface area contributed by atoms with Crippen LogP contribution >= 0.6 is 0 Å². The molecule has 1 aliphatic heterocycles. The highest BCUT2D eigenvalue weighted by Gasteiger charge is 2.48. The lowest BCUT2D eigenvalue weighted by atomic mass is 9.99. The fourth-order valence-electron chi connectivity index (χ4n) is 6.85. The van der Waals surface area contributed by atoms with Gasteiger partial charge in [-0.1, -0.05) is 146 Å². The van der Waals surface area contributed by atoms with Crippen LogP contribution in [0.2, 0.25) is 0 Å². The van der Waals surface area contributed by atoms with Crippen molar-refractivity contribution in [2.24, 2.45) is 0 Å². The van der Waals surface area contributed by atoms with Crippen LogP contribution in [0.5, 0.6) is 0 Å². The van der Waals surface area contributed by atoms with E-state index in [1.807, 2.05) is 0 Å². The van der Waals surface area contributed by atoms with Crippen LogP contribution in [-0.2, 0) is 38.3 Å². The molecule has 0 amide bonds. The van der Waals surface area contributed by atoms with Crippen molar-refractivity contribution in [3.63, 3.8) is 0 Å². The van der Waals surface area contributed by atoms with Gasteiger partial charge in [0.2, 0.25) is 0 Å². The van der Waals surface area contributed by atoms with Gasteiger partial charge >= 0.3 is 16.4 Å². The Hall–Kier alpha value is -1.94. The van der Waals surface area contributed by atoms with E-state index in [-0.39, 0.29) is 19.6 Å². The standard InChI is InChI=1S/C47H84O12S/c1-3-5-7-9-11-13-15-17-19-20-21-23-25-27-29-31-33-35-37-55-39-41(40-56-47-45(51)46(59-60(52,53)54)44(50)42(38-48)58-47)57-43(49)36-34-32-30-28-26-24-22-18-16-14-12-10-8-6-4-2/h11-14,17-19,22,41-42,44-48,50-51H,3-10,15-16,20-21,23-40H2,1-2H3,(H,52,53,54)/b13-11-,14-12-,19-17-,22-18-. The molecule has 0 aliphatic carbocycles. The number of aliphatic hydroxyl groups excluding tert-OH is 3. The average molecular weight is 873 g/mol. The molecular formula is C47H84O12S. The van der Waals surface area contributed by atoms with Crippen LogP contribution in [0.3, 0.4) is 0 Å². The number of carbonyl (C=O) groups is 1. The van der Waals surface area contributed by atoms with Crippen molar-refractivity contribution >= 4 is 16.4 Å². The molecule has 13 heteroatoms. The lowest BCUT2D eigenvalue weighted by Crippen LogP contribution is -2.60. The zero-order valence-electron chi connectivity index (χ0n) is 37.3. The summed E-state index contributed by atoms with van der Waals surface area (Å²) in [7, 11) is -5.07. The average Bonchev–Trinajstić information content (AvgIpc) is 3.22. The summed E-state index contributed by atoms with van der Waals surface area (Å²) in [5.41, 5.74) is 0. The van der Waals surface area contributed by atoms with E-state index in [0.29, 0.717) is 13.0 Å². The Morgan fingerprint density at radius 3 is 1.58 bits per heavy atom. The maximum absolute atomic E-state index is 12.8. The zero-order valence-corrected chi connectivity index (χ0v) is 38.1. The normalized spacial score (nSPS) is 20.7. The number of hydrogen-bond acceptors (Lipinski definition) is 11. The van der Waals surface area contributed by atoms with Crippen LogP contribution in [0, 0.1) is 0 Å². The molecule has 4 N–H and O–H groups in total. The molecule has 1 saturated heterocycles. The number of unbranched alkanes of at least 4 members (excludes halogenated alkanes) is 19. The second kappa shape index (κ2) is 38.7. The number of allylic oxidation sites excluding steroid dienone is 8. The van der Waals surface area contributed by atoms with Crippen LogP contribution < -0.4 is 0 Å². The first-order valence-electron chi connectivity index (χ1n) is 23.4. The molecule has 1 aliphatic rings. The molecule has 0 spiro atoms. The molecule has 12 nitrogen and oxygen atoms in total. The minimum atomic E-state index is -5.07. The molecule has 0 aromatic carbocycles. The van der Waals surface area contributed by atoms with Crippen molar-refractivity contribution in [2.45, 2.75) is 218 Å². The third kappa shape index (κ3) is 31.8. The third-order valence-corrected chi connectivity index (χ3v) is 10.9. The summed E-state index contributed by atoms with van der Waals surface area (Å²) in [6.07, 6.45) is 37.1. The van der Waals surface area contributed by atoms with Gasteiger partial charge in [-0.2, -0.15) is 8.42 Å². The van der Waals surface area contributed by atoms with Gasteiger partial charge in [0, 0.05) is 13.0 Å². The van der Waals surface area contributed by atoms with Crippen molar-refractivity contribution in [3.05, 3.63) is 48.6 Å². The predicted octanol–water partition coefficient (Wildman–Crippen LogP) is 9.97. The van der Waals surface area contributed by atoms with Gasteiger partial charge in [0.25, 0.3) is 0 Å². The summed E-state index contributed by atoms with van der Waals surface area (Å²) in [5, 5.41) is 30.7. The predicted molar refractivity (Wildman–Crippen MR) is 239 cm³/mol. The number of ether oxygens (including phenoxy) is 4. The Bertz CT molecular complexity index is 1240. The van der Waals surface area contributed by atoms with Crippen molar-refractivity contribution in [1.82, 2.24) is 0 Å². The van der Waals surface area contributed by atoms with Gasteiger partial charge in [-0.15, -0.1) is 0 Å². The fraction of sp³-hybridized carbons (Fsp3) is 0.809. The summed E-state index contributed by atoms with van der Waals surface area (Å²) in [5.74, 6) is -0.416. The Morgan fingerprint density at radius 2 is 1.10 bits per heavy atom. The molecule has 0 radical (unpaired) electrons. The van der Waals surface area contributed by atoms with E-state index < -0.39 is 59.8 Å². The lowest BCUT2D eigenvalue weighted by molar-refractivity contribution is -0.301. The summed E-state index contributed by atoms with van der Waals surface area (Å²) >= 11 is 0. The summed E-state index contributed by atoms with van der Waals surface area (Å²) in [4.78, 5) is 12.8. The Balaban J connectivity index is 2.43. The van der Waals surface area contributed by atoms with Gasteiger partial charge in [0.15, 0.2) is 6.29 Å². The molecular weight excluding hydrogens is 789 g/mol. The van der Waals surface area contributed by atoms with Crippen molar-refractivity contribution in [2.75, 3.05) is 26.4 Å². The highest BCUT2D eigenvalue weighted by molar-refractivity contribution is 7.80. The second-order valence-electron chi connectivity index (χ2n) is 16.0. The van der Waals surface area contributed by atoms with E-state index in [2.05, 4.69) is 66.6 Å². The highest BCUT2D eigenvalue weighted by atomic mass is 32.3. The van der Waals surface area contributed by atoms with E-state index in [1.165, 1.54) is 77.0 Å². The van der Waals surface area contributed by atoms with Crippen molar-refractivity contribution in [3.8, 4) is 0 Å². The van der Waals surface area contributed by atoms with Gasteiger partial charge in [0.1, 0.15) is 30.5 Å². The number of aliphatic hydroxyl groups is 3. The number of esters is 1. The number of rotatable bonds is 40. The van der Waals surface area contributed by atoms with E-state index in [4.69, 9.17) is 23.5 Å². The maximum Gasteiger partial charge on any atom is 0.397 e. The molecule has 1 fully saturated rings. The molecule has 350 valence electrons. The molecule has 6 atom stereocenters. The Morgan fingerprint density at radius 1 is 0.633 bits per heavy atom. The van der Waals surface area contributed by atoms with Gasteiger partial charge in [-0.25, -0.2) is 4.18 Å². The molecule has 0 saturated carbocycles. The molecule has 1 heterocycles. The first-order valence-corrected chi connectivity index (χ1v) is 24.8. The molecule has 1 rings (SSSR count). The second-order valence-corrected chi connectivity index (χ2v) is 17.0. The van der Waals surface area contributed by atoms with Crippen LogP contribution in [0.4, 0.5) is 0 Å². The SMILES string of the molecule is CCCCC/C=C\C/C=C\CCCCCCCCCCOCC(COC1OC(CO)C(O)C(OS(=O)(=O)O)C1O)OC(=O)CCCCCCC/C=C\C/C=C\CCCCC. The van der Waals surface area contributed by atoms with Crippen LogP contribution in [0.25, 0.3) is 0 Å². The molecule has 0 aromatic heterocycles. The molecule has 6 unspecified atom stereocenters. The Labute approximate surface area is 364 Å². The third-order valence-electron chi connectivity index (χ3n) is 10.4. The smallest absolute Gasteiger partial charge is 0.397 e. The number of carbonyl (C=O) groups excluding carboxylic acids is 1. The van der Waals surface area contributed by atoms with E-state index in [0.717, 1.165) is 77.0 Å². The lowest BCUT2D eigenvalue weighted by Gasteiger charge is -2.41. The van der Waals surface area contributed by atoms with Crippen molar-refractivity contribution < 1.29 is 56.2 Å². The minimum Gasteiger partial charge on any atom is -0.457 e. The Kier molecular flexibility index (Phi) is 36.2. The summed E-state index contributed by atoms with van der Waals surface area (Å²) in [6.45, 7) is 3.90. The summed E-state index contributed by atoms with van der Waals surface area (Å²) in [6, 6.07) is 0. The highest BCUT2D eigenvalue weighted by Crippen LogP contribution is 2.26. The maximum atomic E-state index is 12.8. The molecule has 0 aromatic rings. The van der Waals surface area contributed by atoms with Crippen LogP contribution in [-0.4, -0.2) is 97.5 Å². The quantitative estimate of drug-likeness (QED) is 0.0199. The van der Waals surface area contributed by atoms with E-state index in [1.54, 1.807) is 0 Å². The van der Waals surface area contributed by atoms with Crippen molar-refractivity contribution in [1.29, 1.82) is 0 Å². The summed E-state index contributed by atoms with van der Waals surface area (Å²) < 4.78 is 59.1. The van der Waals surface area contributed by atoms with Crippen LogP contribution in [0.1, 0.15) is 181 Å². The topological polar surface area (TPSA) is 178 Å². The van der Waals surface area contributed by atoms with Gasteiger partial charge in [-0.05, 0) is 77.0 Å². The van der Waals surface area contributed by atoms with Gasteiger partial charge in [0.05, 0.1) is 19.8 Å². The largest absolute Gasteiger partial charge is 0.457 e. The molecule has 0 bridgehead atoms. The van der Waals surface area contributed by atoms with Crippen LogP contribution in [0.15, 0.2) is 48.6 Å². The monoisotopic (exact) mass is 873 g/mol. The zero-order chi connectivity index (χ0) is 43.9. The van der Waals surface area contributed by atoms with Gasteiger partial charge in [-0.3, -0.25) is 9.35 Å². The first-order chi connectivity index (χ1) is 29.1. The van der Waals surface area contributed by atoms with Gasteiger partial charge < -0.3 is 34.3 Å². The number of hydrogen-bond donors (Lipinski definition) is 4.